The maximum absolute atomic E-state index is 13.3. The van der Waals surface area contributed by atoms with Gasteiger partial charge in [0.1, 0.15) is 11.2 Å². The van der Waals surface area contributed by atoms with Crippen molar-refractivity contribution in [1.82, 2.24) is 9.97 Å². The molecule has 9 nitrogen and oxygen atoms in total. The highest BCUT2D eigenvalue weighted by Crippen LogP contribution is 2.34. The second-order valence-corrected chi connectivity index (χ2v) is 14.5. The monoisotopic (exact) mass is 644 g/mol. The molecule has 0 aliphatic carbocycles. The van der Waals surface area contributed by atoms with Crippen molar-refractivity contribution >= 4 is 74.9 Å². The Hall–Kier alpha value is -4.56. The normalized spacial score (nSPS) is 12.1. The number of rotatable bonds is 8. The summed E-state index contributed by atoms with van der Waals surface area (Å²) in [5, 5.41) is 4.94. The van der Waals surface area contributed by atoms with Crippen LogP contribution >= 0.6 is 22.7 Å². The molecule has 0 aliphatic heterocycles. The summed E-state index contributed by atoms with van der Waals surface area (Å²) in [6.45, 7) is 0. The van der Waals surface area contributed by atoms with Crippen molar-refractivity contribution in [3.05, 3.63) is 108 Å². The number of anilines is 2. The van der Waals surface area contributed by atoms with Crippen molar-refractivity contribution in [2.75, 3.05) is 9.44 Å². The molecule has 214 valence electrons. The lowest BCUT2D eigenvalue weighted by Gasteiger charge is -2.06. The number of nitrogens with zero attached hydrogens (tertiary/aromatic N) is 2. The Morgan fingerprint density at radius 2 is 0.977 bits per heavy atom. The summed E-state index contributed by atoms with van der Waals surface area (Å²) >= 11 is 2.36. The van der Waals surface area contributed by atoms with E-state index in [1.165, 1.54) is 46.9 Å². The van der Waals surface area contributed by atoms with E-state index in [4.69, 9.17) is 4.42 Å². The maximum atomic E-state index is 13.3. The predicted molar refractivity (Wildman–Crippen MR) is 170 cm³/mol. The van der Waals surface area contributed by atoms with Gasteiger partial charge >= 0.3 is 0 Å². The molecule has 0 spiro atoms. The van der Waals surface area contributed by atoms with Gasteiger partial charge < -0.3 is 4.42 Å². The Morgan fingerprint density at radius 1 is 0.558 bits per heavy atom. The molecule has 43 heavy (non-hydrogen) atoms. The van der Waals surface area contributed by atoms with E-state index in [9.17, 15) is 16.8 Å². The number of hydrogen-bond donors (Lipinski definition) is 2. The fourth-order valence-electron chi connectivity index (χ4n) is 4.54. The van der Waals surface area contributed by atoms with E-state index in [-0.39, 0.29) is 20.1 Å². The Balaban J connectivity index is 1.18. The SMILES string of the molecule is O=S(=O)(Nc1nc(-c2ccccc2)cs1)c1ccc2oc3ccc(S(=O)(=O)Nc4nc(-c5ccccc5)cs4)cc3c2c1. The lowest BCUT2D eigenvalue weighted by molar-refractivity contribution is 0.599. The summed E-state index contributed by atoms with van der Waals surface area (Å²) in [7, 11) is -8.00. The quantitative estimate of drug-likeness (QED) is 0.176. The summed E-state index contributed by atoms with van der Waals surface area (Å²) in [5.41, 5.74) is 3.92. The molecule has 2 N–H and O–H groups in total. The number of fused-ring (bicyclic) bond motifs is 3. The molecule has 0 saturated heterocycles. The Kier molecular flexibility index (Phi) is 6.73. The van der Waals surface area contributed by atoms with Gasteiger partial charge in [-0.05, 0) is 36.4 Å². The van der Waals surface area contributed by atoms with E-state index < -0.39 is 20.0 Å². The summed E-state index contributed by atoms with van der Waals surface area (Å²) in [6.07, 6.45) is 0. The molecule has 0 bridgehead atoms. The van der Waals surface area contributed by atoms with Gasteiger partial charge in [0.15, 0.2) is 10.3 Å². The van der Waals surface area contributed by atoms with E-state index in [2.05, 4.69) is 19.4 Å². The summed E-state index contributed by atoms with van der Waals surface area (Å²) in [4.78, 5) is 8.81. The molecule has 4 aromatic carbocycles. The highest BCUT2D eigenvalue weighted by atomic mass is 32.2. The second-order valence-electron chi connectivity index (χ2n) is 9.44. The van der Waals surface area contributed by atoms with Crippen molar-refractivity contribution in [2.24, 2.45) is 0 Å². The van der Waals surface area contributed by atoms with Crippen LogP contribution in [-0.4, -0.2) is 26.8 Å². The zero-order chi connectivity index (χ0) is 29.6. The third kappa shape index (κ3) is 5.39. The van der Waals surface area contributed by atoms with Crippen LogP contribution in [0.4, 0.5) is 10.3 Å². The number of nitrogens with one attached hydrogen (secondary N) is 2. The van der Waals surface area contributed by atoms with Crippen LogP contribution in [0.1, 0.15) is 0 Å². The van der Waals surface area contributed by atoms with Crippen LogP contribution in [-0.2, 0) is 20.0 Å². The van der Waals surface area contributed by atoms with Crippen LogP contribution in [0, 0.1) is 0 Å². The topological polar surface area (TPSA) is 131 Å². The number of hydrogen-bond acceptors (Lipinski definition) is 9. The van der Waals surface area contributed by atoms with E-state index in [0.29, 0.717) is 33.3 Å². The molecule has 7 aromatic rings. The van der Waals surface area contributed by atoms with Crippen molar-refractivity contribution in [3.8, 4) is 22.5 Å². The number of aromatic nitrogens is 2. The number of thiazole rings is 2. The van der Waals surface area contributed by atoms with Crippen LogP contribution in [0.5, 0.6) is 0 Å². The Labute approximate surface area is 254 Å². The first-order chi connectivity index (χ1) is 20.7. The fourth-order valence-corrected chi connectivity index (χ4v) is 8.54. The molecular weight excluding hydrogens is 625 g/mol. The Morgan fingerprint density at radius 3 is 1.40 bits per heavy atom. The van der Waals surface area contributed by atoms with E-state index >= 15 is 0 Å². The lowest BCUT2D eigenvalue weighted by atomic mass is 10.1. The average Bonchev–Trinajstić information content (AvgIpc) is 3.76. The van der Waals surface area contributed by atoms with Crippen LogP contribution < -0.4 is 9.44 Å². The van der Waals surface area contributed by atoms with E-state index in [1.54, 1.807) is 22.9 Å². The Bertz CT molecular complexity index is 2170. The molecule has 0 atom stereocenters. The van der Waals surface area contributed by atoms with Gasteiger partial charge in [0.05, 0.1) is 21.2 Å². The van der Waals surface area contributed by atoms with Gasteiger partial charge in [-0.25, -0.2) is 26.8 Å². The highest BCUT2D eigenvalue weighted by Gasteiger charge is 2.22. The number of furan rings is 1. The van der Waals surface area contributed by atoms with Crippen LogP contribution in [0.15, 0.2) is 122 Å². The predicted octanol–water partition coefficient (Wildman–Crippen LogP) is 7.43. The average molecular weight is 645 g/mol. The molecule has 0 saturated carbocycles. The molecule has 3 aromatic heterocycles. The van der Waals surface area contributed by atoms with E-state index in [0.717, 1.165) is 11.1 Å². The molecular formula is C30H20N4O5S4. The number of sulfonamides is 2. The minimum absolute atomic E-state index is 0.0122. The van der Waals surface area contributed by atoms with Gasteiger partial charge in [-0.15, -0.1) is 22.7 Å². The standard InChI is InChI=1S/C30H20N4O5S4/c35-42(36,33-29-31-25(17-40-29)19-7-3-1-4-8-19)21-11-13-27-23(15-21)24-16-22(12-14-28(24)39-27)43(37,38)34-30-32-26(18-41-30)20-9-5-2-6-10-20/h1-18H,(H,31,33)(H,32,34). The molecule has 0 fully saturated rings. The zero-order valence-electron chi connectivity index (χ0n) is 22.0. The van der Waals surface area contributed by atoms with Crippen molar-refractivity contribution in [3.63, 3.8) is 0 Å². The molecule has 13 heteroatoms. The summed E-state index contributed by atoms with van der Waals surface area (Å²) < 4.78 is 64.1. The lowest BCUT2D eigenvalue weighted by Crippen LogP contribution is -2.13. The summed E-state index contributed by atoms with van der Waals surface area (Å²) in [5.74, 6) is 0. The molecule has 0 aliphatic rings. The van der Waals surface area contributed by atoms with Gasteiger partial charge in [-0.2, -0.15) is 0 Å². The van der Waals surface area contributed by atoms with Gasteiger partial charge in [0.2, 0.25) is 0 Å². The molecule has 7 rings (SSSR count). The van der Waals surface area contributed by atoms with Crippen LogP contribution in [0.25, 0.3) is 44.5 Å². The van der Waals surface area contributed by atoms with Crippen LogP contribution in [0.2, 0.25) is 0 Å². The third-order valence-corrected chi connectivity index (χ3v) is 11.1. The maximum Gasteiger partial charge on any atom is 0.263 e. The van der Waals surface area contributed by atoms with Crippen molar-refractivity contribution in [1.29, 1.82) is 0 Å². The van der Waals surface area contributed by atoms with Gasteiger partial charge in [0, 0.05) is 32.7 Å². The molecule has 0 amide bonds. The smallest absolute Gasteiger partial charge is 0.263 e. The van der Waals surface area contributed by atoms with Crippen molar-refractivity contribution in [2.45, 2.75) is 9.79 Å². The first kappa shape index (κ1) is 27.3. The first-order valence-electron chi connectivity index (χ1n) is 12.8. The number of benzene rings is 4. The highest BCUT2D eigenvalue weighted by molar-refractivity contribution is 7.93. The van der Waals surface area contributed by atoms with Gasteiger partial charge in [-0.3, -0.25) is 9.44 Å². The van der Waals surface area contributed by atoms with Gasteiger partial charge in [0.25, 0.3) is 20.0 Å². The van der Waals surface area contributed by atoms with Gasteiger partial charge in [-0.1, -0.05) is 60.7 Å². The summed E-state index contributed by atoms with van der Waals surface area (Å²) in [6, 6.07) is 27.8. The molecule has 0 radical (unpaired) electrons. The minimum Gasteiger partial charge on any atom is -0.456 e. The fraction of sp³-hybridized carbons (Fsp3) is 0. The van der Waals surface area contributed by atoms with Crippen molar-refractivity contribution < 1.29 is 21.3 Å². The van der Waals surface area contributed by atoms with E-state index in [1.807, 2.05) is 60.7 Å². The van der Waals surface area contributed by atoms with Crippen LogP contribution in [0.3, 0.4) is 0 Å². The zero-order valence-corrected chi connectivity index (χ0v) is 25.2. The second kappa shape index (κ2) is 10.6. The first-order valence-corrected chi connectivity index (χ1v) is 17.5. The largest absolute Gasteiger partial charge is 0.456 e. The molecule has 0 unspecified atom stereocenters. The minimum atomic E-state index is -4.00. The molecule has 3 heterocycles. The third-order valence-electron chi connectivity index (χ3n) is 6.62.